The van der Waals surface area contributed by atoms with Crippen molar-refractivity contribution in [2.24, 2.45) is 4.99 Å². The molecule has 14 nitrogen and oxygen atoms in total. The van der Waals surface area contributed by atoms with Crippen LogP contribution in [0.15, 0.2) is 47.5 Å². The van der Waals surface area contributed by atoms with Gasteiger partial charge in [0.15, 0.2) is 5.82 Å². The number of fused-ring (bicyclic) bond motifs is 4. The predicted octanol–water partition coefficient (Wildman–Crippen LogP) is 6.03. The van der Waals surface area contributed by atoms with Gasteiger partial charge in [-0.25, -0.2) is 0 Å². The number of nitrogens with zero attached hydrogens (tertiary/aromatic N) is 5. The van der Waals surface area contributed by atoms with E-state index in [9.17, 15) is 24.0 Å². The number of anilines is 1. The minimum atomic E-state index is -0.700. The lowest BCUT2D eigenvalue weighted by molar-refractivity contribution is -0.137. The molecule has 4 aromatic rings. The summed E-state index contributed by atoms with van der Waals surface area (Å²) in [5.41, 5.74) is 5.69. The van der Waals surface area contributed by atoms with Gasteiger partial charge in [0.05, 0.1) is 12.1 Å². The number of amides is 5. The first-order valence-corrected chi connectivity index (χ1v) is 21.6. The molecule has 16 heteroatoms. The topological polar surface area (TPSA) is 180 Å². The van der Waals surface area contributed by atoms with Crippen molar-refractivity contribution in [2.75, 3.05) is 25.0 Å². The number of imide groups is 1. The van der Waals surface area contributed by atoms with Gasteiger partial charge in [-0.3, -0.25) is 38.8 Å². The van der Waals surface area contributed by atoms with E-state index in [-0.39, 0.29) is 49.4 Å². The second-order valence-electron chi connectivity index (χ2n) is 15.4. The Morgan fingerprint density at radius 3 is 2.47 bits per heavy atom. The quantitative estimate of drug-likeness (QED) is 0.0736. The summed E-state index contributed by atoms with van der Waals surface area (Å²) in [6.45, 7) is 8.56. The van der Waals surface area contributed by atoms with E-state index in [0.29, 0.717) is 40.6 Å². The Labute approximate surface area is 352 Å². The lowest BCUT2D eigenvalue weighted by Crippen LogP contribution is -2.52. The zero-order valence-corrected chi connectivity index (χ0v) is 35.2. The van der Waals surface area contributed by atoms with Gasteiger partial charge in [-0.2, -0.15) is 0 Å². The average Bonchev–Trinajstić information content (AvgIpc) is 3.82. The van der Waals surface area contributed by atoms with Crippen LogP contribution in [0, 0.1) is 20.8 Å². The zero-order valence-electron chi connectivity index (χ0n) is 33.7. The van der Waals surface area contributed by atoms with Gasteiger partial charge in [-0.1, -0.05) is 49.1 Å². The maximum absolute atomic E-state index is 13.3. The Hall–Kier alpha value is -5.25. The van der Waals surface area contributed by atoms with Gasteiger partial charge >= 0.3 is 0 Å². The lowest BCUT2D eigenvalue weighted by Gasteiger charge is -2.29. The number of nitrogens with one attached hydrogen (secondary N) is 4. The number of halogens is 1. The second kappa shape index (κ2) is 18.8. The number of piperidine rings is 1. The first kappa shape index (κ1) is 41.9. The molecule has 59 heavy (non-hydrogen) atoms. The summed E-state index contributed by atoms with van der Waals surface area (Å²) >= 11 is 7.91. The van der Waals surface area contributed by atoms with Crippen molar-refractivity contribution in [3.8, 4) is 5.00 Å². The first-order chi connectivity index (χ1) is 28.5. The van der Waals surface area contributed by atoms with Crippen LogP contribution in [0.5, 0.6) is 0 Å². The maximum Gasteiger partial charge on any atom is 0.255 e. The van der Waals surface area contributed by atoms with Gasteiger partial charge in [-0.05, 0) is 89.4 Å². The molecule has 2 aromatic carbocycles. The number of hydrogen-bond donors (Lipinski definition) is 4. The number of carbonyl (C=O) groups excluding carboxylic acids is 5. The summed E-state index contributed by atoms with van der Waals surface area (Å²) < 4.78 is 2.05. The number of aryl methyl sites for hydroxylation is 2. The number of aromatic nitrogens is 3. The third-order valence-corrected chi connectivity index (χ3v) is 12.6. The van der Waals surface area contributed by atoms with E-state index in [4.69, 9.17) is 16.6 Å². The molecule has 0 spiro atoms. The van der Waals surface area contributed by atoms with E-state index in [2.05, 4.69) is 49.9 Å². The summed E-state index contributed by atoms with van der Waals surface area (Å²) in [6.07, 6.45) is 6.58. The van der Waals surface area contributed by atoms with Crippen LogP contribution in [0.1, 0.15) is 119 Å². The van der Waals surface area contributed by atoms with Crippen molar-refractivity contribution >= 4 is 63.9 Å². The first-order valence-electron chi connectivity index (χ1n) is 20.4. The molecule has 1 fully saturated rings. The molecular weight excluding hydrogens is 790 g/mol. The van der Waals surface area contributed by atoms with Crippen molar-refractivity contribution in [1.82, 2.24) is 35.6 Å². The summed E-state index contributed by atoms with van der Waals surface area (Å²) in [7, 11) is 0. The maximum atomic E-state index is 13.3. The third kappa shape index (κ3) is 9.47. The van der Waals surface area contributed by atoms with E-state index in [1.807, 2.05) is 31.2 Å². The molecule has 7 rings (SSSR count). The van der Waals surface area contributed by atoms with Crippen molar-refractivity contribution in [3.05, 3.63) is 91.8 Å². The zero-order chi connectivity index (χ0) is 41.6. The molecule has 0 aliphatic carbocycles. The molecule has 2 aromatic heterocycles. The van der Waals surface area contributed by atoms with Crippen LogP contribution in [-0.2, 0) is 25.7 Å². The Morgan fingerprint density at radius 2 is 1.68 bits per heavy atom. The molecule has 1 unspecified atom stereocenters. The fourth-order valence-corrected chi connectivity index (χ4v) is 9.27. The van der Waals surface area contributed by atoms with Crippen LogP contribution in [-0.4, -0.2) is 80.6 Å². The van der Waals surface area contributed by atoms with Crippen LogP contribution in [0.3, 0.4) is 0 Å². The fraction of sp³-hybridized carbons (Fsp3) is 0.442. The Kier molecular flexibility index (Phi) is 13.3. The summed E-state index contributed by atoms with van der Waals surface area (Å²) in [5.74, 6) is 0.160. The SMILES string of the molecule is Cc1sc2c(c1C)C(c1ccc(Cl)cc1)=N[C@@H](CC(=O)NCCCNCCCCCCCC(=O)Nc1cccc3c1CN(C1CCC(=O)NC1=O)C3=O)c1nnc(C)n1-2. The van der Waals surface area contributed by atoms with E-state index >= 15 is 0 Å². The largest absolute Gasteiger partial charge is 0.356 e. The van der Waals surface area contributed by atoms with Gasteiger partial charge < -0.3 is 20.9 Å². The Balaban J connectivity index is 0.785. The van der Waals surface area contributed by atoms with Crippen molar-refractivity contribution < 1.29 is 24.0 Å². The van der Waals surface area contributed by atoms with Crippen molar-refractivity contribution in [2.45, 2.75) is 104 Å². The van der Waals surface area contributed by atoms with E-state index in [0.717, 1.165) is 84.8 Å². The smallest absolute Gasteiger partial charge is 0.255 e. The number of hydrogen-bond acceptors (Lipinski definition) is 10. The molecule has 4 N–H and O–H groups in total. The standard InChI is InChI=1S/C43H50ClN9O5S/c1-25-26(2)59-43-38(25)39(28-14-16-29(44)17-15-28)48-33(40-51-50-27(3)53(40)43)23-37(56)46-22-10-21-45-20-8-6-4-5-7-13-35(54)47-32-12-9-11-30-31(32)24-52(42(30)58)34-18-19-36(55)49-41(34)57/h9,11-12,14-17,33-34,45H,4-8,10,13,18-24H2,1-3H3,(H,46,56)(H,47,54)(H,49,55,57)/t33-,34?/m0/s1. The van der Waals surface area contributed by atoms with Crippen LogP contribution >= 0.6 is 22.9 Å². The minimum Gasteiger partial charge on any atom is -0.356 e. The molecule has 1 saturated heterocycles. The number of carbonyl (C=O) groups is 5. The van der Waals surface area contributed by atoms with Crippen LogP contribution in [0.25, 0.3) is 5.00 Å². The molecule has 310 valence electrons. The van der Waals surface area contributed by atoms with Gasteiger partial charge in [-0.15, -0.1) is 21.5 Å². The molecule has 3 aliphatic heterocycles. The van der Waals surface area contributed by atoms with E-state index < -0.39 is 18.0 Å². The average molecular weight is 840 g/mol. The number of benzene rings is 2. The van der Waals surface area contributed by atoms with Crippen molar-refractivity contribution in [1.29, 1.82) is 0 Å². The molecule has 0 radical (unpaired) electrons. The van der Waals surface area contributed by atoms with Gasteiger partial charge in [0.2, 0.25) is 23.6 Å². The van der Waals surface area contributed by atoms with Gasteiger partial charge in [0, 0.05) is 63.8 Å². The number of unbranched alkanes of at least 4 members (excludes halogenated alkanes) is 4. The highest BCUT2D eigenvalue weighted by molar-refractivity contribution is 7.15. The molecule has 0 saturated carbocycles. The number of thiophene rings is 1. The third-order valence-electron chi connectivity index (χ3n) is 11.2. The van der Waals surface area contributed by atoms with Gasteiger partial charge in [0.1, 0.15) is 22.9 Å². The molecule has 2 atom stereocenters. The predicted molar refractivity (Wildman–Crippen MR) is 227 cm³/mol. The summed E-state index contributed by atoms with van der Waals surface area (Å²) in [6, 6.07) is 11.7. The van der Waals surface area contributed by atoms with E-state index in [1.54, 1.807) is 29.5 Å². The highest BCUT2D eigenvalue weighted by Gasteiger charge is 2.40. The van der Waals surface area contributed by atoms with Crippen LogP contribution in [0.4, 0.5) is 5.69 Å². The lowest BCUT2D eigenvalue weighted by atomic mass is 9.99. The number of aliphatic imine (C=N–C) groups is 1. The Bertz CT molecular complexity index is 2280. The highest BCUT2D eigenvalue weighted by Crippen LogP contribution is 2.40. The van der Waals surface area contributed by atoms with Crippen LogP contribution < -0.4 is 21.3 Å². The van der Waals surface area contributed by atoms with Crippen molar-refractivity contribution in [3.63, 3.8) is 0 Å². The van der Waals surface area contributed by atoms with Crippen LogP contribution in [0.2, 0.25) is 5.02 Å². The normalized spacial score (nSPS) is 17.2. The molecular formula is C43H50ClN9O5S. The second-order valence-corrected chi connectivity index (χ2v) is 17.0. The van der Waals surface area contributed by atoms with Gasteiger partial charge in [0.25, 0.3) is 5.91 Å². The summed E-state index contributed by atoms with van der Waals surface area (Å²) in [5, 5.41) is 22.4. The monoisotopic (exact) mass is 839 g/mol. The molecule has 5 amide bonds. The molecule has 3 aliphatic rings. The Morgan fingerprint density at radius 1 is 0.915 bits per heavy atom. The number of rotatable bonds is 17. The highest BCUT2D eigenvalue weighted by atomic mass is 35.5. The summed E-state index contributed by atoms with van der Waals surface area (Å²) in [4.78, 5) is 71.0. The molecule has 5 heterocycles. The fourth-order valence-electron chi connectivity index (χ4n) is 7.93. The molecule has 0 bridgehead atoms. The minimum absolute atomic E-state index is 0.0903. The van der Waals surface area contributed by atoms with E-state index in [1.165, 1.54) is 9.78 Å².